The van der Waals surface area contributed by atoms with Crippen molar-refractivity contribution in [2.45, 2.75) is 17.6 Å². The van der Waals surface area contributed by atoms with Gasteiger partial charge in [-0.2, -0.15) is 0 Å². The highest BCUT2D eigenvalue weighted by molar-refractivity contribution is 6.87. The SMILES string of the molecule is C=C[Si](C)(C1c2ccccc2-c2ccccc21)C1c2ccccc2-c2ccccc21. The van der Waals surface area contributed by atoms with Crippen molar-refractivity contribution < 1.29 is 0 Å². The summed E-state index contributed by atoms with van der Waals surface area (Å²) in [6.45, 7) is 7.02. The molecule has 0 nitrogen and oxygen atoms in total. The average Bonchev–Trinajstić information content (AvgIpc) is 3.33. The van der Waals surface area contributed by atoms with Gasteiger partial charge >= 0.3 is 0 Å². The molecule has 0 radical (unpaired) electrons. The fraction of sp³-hybridized carbons (Fsp3) is 0.103. The molecule has 0 spiro atoms. The third-order valence-corrected chi connectivity index (χ3v) is 12.0. The number of rotatable bonds is 3. The van der Waals surface area contributed by atoms with E-state index in [1.807, 2.05) is 0 Å². The number of hydrogen-bond acceptors (Lipinski definition) is 0. The third-order valence-electron chi connectivity index (χ3n) is 7.35. The molecule has 1 heteroatoms. The quantitative estimate of drug-likeness (QED) is 0.312. The highest BCUT2D eigenvalue weighted by Gasteiger charge is 2.50. The summed E-state index contributed by atoms with van der Waals surface area (Å²) in [4.78, 5) is 0. The summed E-state index contributed by atoms with van der Waals surface area (Å²) in [6.07, 6.45) is 0. The maximum absolute atomic E-state index is 4.48. The van der Waals surface area contributed by atoms with Crippen LogP contribution < -0.4 is 0 Å². The van der Waals surface area contributed by atoms with Crippen LogP contribution in [0.5, 0.6) is 0 Å². The van der Waals surface area contributed by atoms with Crippen molar-refractivity contribution in [2.75, 3.05) is 0 Å². The van der Waals surface area contributed by atoms with Crippen molar-refractivity contribution in [3.8, 4) is 22.3 Å². The van der Waals surface area contributed by atoms with E-state index < -0.39 is 8.07 Å². The number of benzene rings is 4. The van der Waals surface area contributed by atoms with E-state index in [0.717, 1.165) is 0 Å². The highest BCUT2D eigenvalue weighted by Crippen LogP contribution is 2.57. The van der Waals surface area contributed by atoms with E-state index in [2.05, 4.69) is 116 Å². The fourth-order valence-electron chi connectivity index (χ4n) is 6.05. The van der Waals surface area contributed by atoms with Crippen LogP contribution in [0.3, 0.4) is 0 Å². The summed E-state index contributed by atoms with van der Waals surface area (Å²) in [7, 11) is -2.10. The zero-order chi connectivity index (χ0) is 20.3. The minimum absolute atomic E-state index is 0.409. The zero-order valence-corrected chi connectivity index (χ0v) is 18.2. The lowest BCUT2D eigenvalue weighted by atomic mass is 10.1. The minimum atomic E-state index is -2.10. The van der Waals surface area contributed by atoms with Crippen molar-refractivity contribution in [3.63, 3.8) is 0 Å². The standard InChI is InChI=1S/C29H24Si/c1-3-30(2,28-24-16-8-4-12-20(24)21-13-5-9-17-25(21)28)29-26-18-10-6-14-22(26)23-15-7-11-19-27(23)29/h3-19,28-29H,1H2,2H3. The van der Waals surface area contributed by atoms with Gasteiger partial charge < -0.3 is 0 Å². The minimum Gasteiger partial charge on any atom is -0.107 e. The first-order valence-electron chi connectivity index (χ1n) is 10.7. The predicted octanol–water partition coefficient (Wildman–Crippen LogP) is 7.49. The van der Waals surface area contributed by atoms with E-state index in [1.54, 1.807) is 0 Å². The molecule has 0 saturated carbocycles. The molecule has 0 heterocycles. The van der Waals surface area contributed by atoms with Crippen LogP contribution in [-0.4, -0.2) is 8.07 Å². The van der Waals surface area contributed by atoms with Crippen molar-refractivity contribution in [1.29, 1.82) is 0 Å². The molecule has 6 rings (SSSR count). The highest BCUT2D eigenvalue weighted by atomic mass is 28.3. The molecule has 30 heavy (non-hydrogen) atoms. The van der Waals surface area contributed by atoms with Crippen LogP contribution >= 0.6 is 0 Å². The fourth-order valence-corrected chi connectivity index (χ4v) is 10.5. The second-order valence-electron chi connectivity index (χ2n) is 8.79. The Hall–Kier alpha value is -3.16. The second-order valence-corrected chi connectivity index (χ2v) is 13.1. The molecule has 4 aromatic carbocycles. The predicted molar refractivity (Wildman–Crippen MR) is 129 cm³/mol. The van der Waals surface area contributed by atoms with Crippen molar-refractivity contribution in [3.05, 3.63) is 132 Å². The maximum Gasteiger partial charge on any atom is 0.0983 e. The van der Waals surface area contributed by atoms with E-state index in [0.29, 0.717) is 11.1 Å². The Bertz CT molecular complexity index is 1110. The molecule has 2 aliphatic rings. The Labute approximate surface area is 179 Å². The van der Waals surface area contributed by atoms with Crippen LogP contribution in [0.2, 0.25) is 6.55 Å². The Morgan fingerprint density at radius 2 is 0.800 bits per heavy atom. The summed E-state index contributed by atoms with van der Waals surface area (Å²) in [5.74, 6) is 0. The van der Waals surface area contributed by atoms with Gasteiger partial charge in [0, 0.05) is 11.1 Å². The molecule has 0 fully saturated rings. The molecule has 144 valence electrons. The van der Waals surface area contributed by atoms with Crippen molar-refractivity contribution >= 4 is 8.07 Å². The molecule has 2 aliphatic carbocycles. The number of fused-ring (bicyclic) bond motifs is 6. The molecule has 0 N–H and O–H groups in total. The molecule has 0 unspecified atom stereocenters. The van der Waals surface area contributed by atoms with E-state index in [4.69, 9.17) is 0 Å². The van der Waals surface area contributed by atoms with E-state index in [9.17, 15) is 0 Å². The van der Waals surface area contributed by atoms with Gasteiger partial charge in [0.2, 0.25) is 0 Å². The third kappa shape index (κ3) is 2.21. The molecular weight excluding hydrogens is 376 g/mol. The van der Waals surface area contributed by atoms with Crippen molar-refractivity contribution in [2.24, 2.45) is 0 Å². The largest absolute Gasteiger partial charge is 0.107 e. The van der Waals surface area contributed by atoms with Gasteiger partial charge in [-0.1, -0.05) is 109 Å². The molecule has 0 bridgehead atoms. The molecule has 4 aromatic rings. The van der Waals surface area contributed by atoms with E-state index in [1.165, 1.54) is 44.5 Å². The van der Waals surface area contributed by atoms with Crippen LogP contribution in [0.1, 0.15) is 33.3 Å². The Kier molecular flexibility index (Phi) is 3.78. The summed E-state index contributed by atoms with van der Waals surface area (Å²) < 4.78 is 0. The van der Waals surface area contributed by atoms with Crippen LogP contribution in [0.4, 0.5) is 0 Å². The van der Waals surface area contributed by atoms with Gasteiger partial charge in [-0.3, -0.25) is 0 Å². The molecule has 0 aromatic heterocycles. The smallest absolute Gasteiger partial charge is 0.0983 e. The van der Waals surface area contributed by atoms with Crippen LogP contribution in [0.25, 0.3) is 22.3 Å². The number of hydrogen-bond donors (Lipinski definition) is 0. The summed E-state index contributed by atoms with van der Waals surface area (Å²) >= 11 is 0. The van der Waals surface area contributed by atoms with Gasteiger partial charge in [0.25, 0.3) is 0 Å². The summed E-state index contributed by atoms with van der Waals surface area (Å²) in [5.41, 5.74) is 14.7. The Morgan fingerprint density at radius 3 is 1.07 bits per heavy atom. The van der Waals surface area contributed by atoms with Crippen molar-refractivity contribution in [1.82, 2.24) is 0 Å². The zero-order valence-electron chi connectivity index (χ0n) is 17.2. The van der Waals surface area contributed by atoms with Gasteiger partial charge in [0.05, 0.1) is 8.07 Å². The average molecular weight is 401 g/mol. The summed E-state index contributed by atoms with van der Waals surface area (Å²) in [5, 5.41) is 0. The molecule has 0 amide bonds. The normalized spacial score (nSPS) is 14.7. The van der Waals surface area contributed by atoms with Gasteiger partial charge in [-0.15, -0.1) is 6.58 Å². The summed E-state index contributed by atoms with van der Waals surface area (Å²) in [6, 6.07) is 36.1. The lowest BCUT2D eigenvalue weighted by Gasteiger charge is -2.38. The Balaban J connectivity index is 1.64. The topological polar surface area (TPSA) is 0 Å². The first-order chi connectivity index (χ1) is 14.7. The second kappa shape index (κ2) is 6.42. The van der Waals surface area contributed by atoms with Crippen LogP contribution in [0, 0.1) is 0 Å². The molecular formula is C29H24Si. The van der Waals surface area contributed by atoms with E-state index in [-0.39, 0.29) is 0 Å². The van der Waals surface area contributed by atoms with Gasteiger partial charge in [0.15, 0.2) is 0 Å². The lowest BCUT2D eigenvalue weighted by Crippen LogP contribution is -2.43. The molecule has 0 atom stereocenters. The maximum atomic E-state index is 4.48. The Morgan fingerprint density at radius 1 is 0.533 bits per heavy atom. The first-order valence-corrected chi connectivity index (χ1v) is 13.5. The molecule has 0 saturated heterocycles. The monoisotopic (exact) mass is 400 g/mol. The van der Waals surface area contributed by atoms with Crippen LogP contribution in [0.15, 0.2) is 109 Å². The van der Waals surface area contributed by atoms with Gasteiger partial charge in [-0.25, -0.2) is 0 Å². The van der Waals surface area contributed by atoms with E-state index >= 15 is 0 Å². The first kappa shape index (κ1) is 17.7. The van der Waals surface area contributed by atoms with Gasteiger partial charge in [-0.05, 0) is 44.5 Å². The lowest BCUT2D eigenvalue weighted by molar-refractivity contribution is 1.02. The van der Waals surface area contributed by atoms with Crippen LogP contribution in [-0.2, 0) is 0 Å². The van der Waals surface area contributed by atoms with Gasteiger partial charge in [0.1, 0.15) is 0 Å². The molecule has 0 aliphatic heterocycles.